The number of nitrogens with one attached hydrogen (secondary N) is 1. The summed E-state index contributed by atoms with van der Waals surface area (Å²) in [7, 11) is -3.96. The van der Waals surface area contributed by atoms with E-state index in [-0.39, 0.29) is 4.21 Å². The number of hydrogen-bond acceptors (Lipinski definition) is 5. The third kappa shape index (κ3) is 4.35. The molecule has 0 atom stereocenters. The predicted octanol–water partition coefficient (Wildman–Crippen LogP) is 2.45. The van der Waals surface area contributed by atoms with Crippen molar-refractivity contribution in [3.05, 3.63) is 52.4 Å². The summed E-state index contributed by atoms with van der Waals surface area (Å²) in [6.07, 6.45) is 4.58. The monoisotopic (exact) mass is 346 g/mol. The van der Waals surface area contributed by atoms with Crippen LogP contribution in [0.1, 0.15) is 5.56 Å². The van der Waals surface area contributed by atoms with Gasteiger partial charge in [0.25, 0.3) is 15.9 Å². The molecular formula is C12H8ClFN2O3S2. The minimum absolute atomic E-state index is 0.0679. The summed E-state index contributed by atoms with van der Waals surface area (Å²) in [6.45, 7) is 0. The van der Waals surface area contributed by atoms with Crippen molar-refractivity contribution in [3.63, 3.8) is 0 Å². The highest BCUT2D eigenvalue weighted by Gasteiger charge is 2.18. The number of hydrogen-bond donors (Lipinski definition) is 1. The zero-order chi connectivity index (χ0) is 15.5. The Morgan fingerprint density at radius 1 is 1.38 bits per heavy atom. The molecule has 2 aromatic heterocycles. The second kappa shape index (κ2) is 6.33. The maximum absolute atomic E-state index is 12.9. The van der Waals surface area contributed by atoms with Gasteiger partial charge in [-0.3, -0.25) is 9.78 Å². The molecule has 0 aliphatic carbocycles. The van der Waals surface area contributed by atoms with Crippen LogP contribution in [-0.4, -0.2) is 19.3 Å². The van der Waals surface area contributed by atoms with Crippen LogP contribution >= 0.6 is 22.9 Å². The highest BCUT2D eigenvalue weighted by molar-refractivity contribution is 7.92. The van der Waals surface area contributed by atoms with E-state index in [4.69, 9.17) is 11.6 Å². The van der Waals surface area contributed by atoms with Gasteiger partial charge in [-0.2, -0.15) is 0 Å². The van der Waals surface area contributed by atoms with Gasteiger partial charge in [-0.15, -0.1) is 11.3 Å². The van der Waals surface area contributed by atoms with E-state index in [2.05, 4.69) is 4.98 Å². The molecule has 5 nitrogen and oxygen atoms in total. The maximum Gasteiger partial charge on any atom is 0.273 e. The summed E-state index contributed by atoms with van der Waals surface area (Å²) in [6, 6.07) is 3.87. The Balaban J connectivity index is 2.08. The van der Waals surface area contributed by atoms with E-state index in [1.807, 2.05) is 4.72 Å². The lowest BCUT2D eigenvalue weighted by molar-refractivity contribution is -0.114. The van der Waals surface area contributed by atoms with Gasteiger partial charge in [-0.05, 0) is 29.8 Å². The van der Waals surface area contributed by atoms with Crippen molar-refractivity contribution in [3.8, 4) is 0 Å². The van der Waals surface area contributed by atoms with Crippen LogP contribution in [0, 0.1) is 5.82 Å². The molecule has 0 bridgehead atoms. The third-order valence-electron chi connectivity index (χ3n) is 2.20. The average molecular weight is 347 g/mol. The predicted molar refractivity (Wildman–Crippen MR) is 77.9 cm³/mol. The number of carbonyl (C=O) groups excluding carboxylic acids is 1. The van der Waals surface area contributed by atoms with Crippen LogP contribution in [0.5, 0.6) is 0 Å². The number of sulfonamides is 1. The number of rotatable bonds is 4. The molecule has 0 aliphatic heterocycles. The van der Waals surface area contributed by atoms with E-state index < -0.39 is 21.7 Å². The van der Waals surface area contributed by atoms with E-state index >= 15 is 0 Å². The van der Waals surface area contributed by atoms with Gasteiger partial charge in [0.1, 0.15) is 10.0 Å². The average Bonchev–Trinajstić information content (AvgIpc) is 2.84. The van der Waals surface area contributed by atoms with Gasteiger partial charge in [-0.1, -0.05) is 11.6 Å². The van der Waals surface area contributed by atoms with E-state index in [9.17, 15) is 17.6 Å². The van der Waals surface area contributed by atoms with Crippen molar-refractivity contribution in [2.24, 2.45) is 0 Å². The lowest BCUT2D eigenvalue weighted by Crippen LogP contribution is -2.28. The van der Waals surface area contributed by atoms with Gasteiger partial charge in [-0.25, -0.2) is 17.5 Å². The molecule has 0 aromatic carbocycles. The first-order chi connectivity index (χ1) is 9.87. The van der Waals surface area contributed by atoms with Crippen LogP contribution in [0.3, 0.4) is 0 Å². The summed E-state index contributed by atoms with van der Waals surface area (Å²) >= 11 is 6.48. The maximum atomic E-state index is 12.9. The number of halogens is 2. The summed E-state index contributed by atoms with van der Waals surface area (Å²) in [5, 5.41) is 0. The van der Waals surface area contributed by atoms with Gasteiger partial charge >= 0.3 is 0 Å². The second-order valence-electron chi connectivity index (χ2n) is 3.80. The molecule has 21 heavy (non-hydrogen) atoms. The standard InChI is InChI=1S/C12H8ClFN2O3S2/c13-10-2-4-12(20-10)21(18,19)16-11(17)3-1-8-5-9(14)7-15-6-8/h1-7H,(H,16,17)/b3-1+. The number of nitrogens with zero attached hydrogens (tertiary/aromatic N) is 1. The van der Waals surface area contributed by atoms with Crippen LogP contribution in [0.15, 0.2) is 40.9 Å². The molecule has 0 saturated heterocycles. The molecule has 2 rings (SSSR count). The van der Waals surface area contributed by atoms with E-state index in [0.717, 1.165) is 29.7 Å². The lowest BCUT2D eigenvalue weighted by Gasteiger charge is -2.01. The topological polar surface area (TPSA) is 76.1 Å². The van der Waals surface area contributed by atoms with Gasteiger partial charge < -0.3 is 0 Å². The molecular weight excluding hydrogens is 339 g/mol. The first-order valence-corrected chi connectivity index (χ1v) is 8.15. The van der Waals surface area contributed by atoms with Crippen LogP contribution in [0.2, 0.25) is 4.34 Å². The highest BCUT2D eigenvalue weighted by atomic mass is 35.5. The summed E-state index contributed by atoms with van der Waals surface area (Å²) < 4.78 is 38.6. The molecule has 0 radical (unpaired) electrons. The summed E-state index contributed by atoms with van der Waals surface area (Å²) in [5.74, 6) is -1.41. The molecule has 9 heteroatoms. The number of pyridine rings is 1. The van der Waals surface area contributed by atoms with Crippen LogP contribution in [0.25, 0.3) is 6.08 Å². The largest absolute Gasteiger partial charge is 0.273 e. The fraction of sp³-hybridized carbons (Fsp3) is 0. The normalized spacial score (nSPS) is 11.7. The third-order valence-corrected chi connectivity index (χ3v) is 5.27. The van der Waals surface area contributed by atoms with Crippen molar-refractivity contribution in [2.75, 3.05) is 0 Å². The first-order valence-electron chi connectivity index (χ1n) is 5.47. The Kier molecular flexibility index (Phi) is 4.71. The van der Waals surface area contributed by atoms with Gasteiger partial charge in [0.05, 0.1) is 10.5 Å². The van der Waals surface area contributed by atoms with Crippen molar-refractivity contribution in [1.29, 1.82) is 0 Å². The molecule has 2 heterocycles. The van der Waals surface area contributed by atoms with E-state index in [1.165, 1.54) is 24.4 Å². The van der Waals surface area contributed by atoms with Gasteiger partial charge in [0.15, 0.2) is 0 Å². The fourth-order valence-electron chi connectivity index (χ4n) is 1.35. The molecule has 2 aromatic rings. The Hall–Kier alpha value is -1.77. The first kappa shape index (κ1) is 15.6. The molecule has 0 saturated carbocycles. The zero-order valence-corrected chi connectivity index (χ0v) is 12.7. The highest BCUT2D eigenvalue weighted by Crippen LogP contribution is 2.25. The zero-order valence-electron chi connectivity index (χ0n) is 10.3. The Morgan fingerprint density at radius 2 is 2.14 bits per heavy atom. The molecule has 0 aliphatic rings. The minimum atomic E-state index is -3.96. The molecule has 1 amide bonds. The number of aromatic nitrogens is 1. The van der Waals surface area contributed by atoms with Crippen molar-refractivity contribution in [1.82, 2.24) is 9.71 Å². The number of thiophene rings is 1. The van der Waals surface area contributed by atoms with Crippen molar-refractivity contribution in [2.45, 2.75) is 4.21 Å². The van der Waals surface area contributed by atoms with E-state index in [0.29, 0.717) is 9.90 Å². The molecule has 0 fully saturated rings. The summed E-state index contributed by atoms with van der Waals surface area (Å²) in [5.41, 5.74) is 0.335. The van der Waals surface area contributed by atoms with Crippen LogP contribution in [0.4, 0.5) is 4.39 Å². The van der Waals surface area contributed by atoms with Crippen molar-refractivity contribution < 1.29 is 17.6 Å². The summed E-state index contributed by atoms with van der Waals surface area (Å²) in [4.78, 5) is 15.2. The van der Waals surface area contributed by atoms with Crippen LogP contribution < -0.4 is 4.72 Å². The lowest BCUT2D eigenvalue weighted by atomic mass is 10.2. The number of carbonyl (C=O) groups is 1. The van der Waals surface area contributed by atoms with Gasteiger partial charge in [0, 0.05) is 12.3 Å². The smallest absolute Gasteiger partial charge is 0.269 e. The Morgan fingerprint density at radius 3 is 2.76 bits per heavy atom. The quantitative estimate of drug-likeness (QED) is 0.863. The molecule has 110 valence electrons. The van der Waals surface area contributed by atoms with E-state index in [1.54, 1.807) is 0 Å². The van der Waals surface area contributed by atoms with Crippen LogP contribution in [-0.2, 0) is 14.8 Å². The SMILES string of the molecule is O=C(/C=C/c1cncc(F)c1)NS(=O)(=O)c1ccc(Cl)s1. The van der Waals surface area contributed by atoms with Gasteiger partial charge in [0.2, 0.25) is 0 Å². The number of amides is 1. The minimum Gasteiger partial charge on any atom is -0.269 e. The molecule has 0 spiro atoms. The molecule has 1 N–H and O–H groups in total. The Labute approximate surface area is 129 Å². The fourth-order valence-corrected chi connectivity index (χ4v) is 3.78. The Bertz CT molecular complexity index is 802. The second-order valence-corrected chi connectivity index (χ2v) is 7.42. The van der Waals surface area contributed by atoms with Crippen molar-refractivity contribution >= 4 is 44.9 Å². The molecule has 0 unspecified atom stereocenters.